The van der Waals surface area contributed by atoms with E-state index in [0.29, 0.717) is 0 Å². The third-order valence-corrected chi connectivity index (χ3v) is 13.7. The minimum absolute atomic E-state index is 0.976. The second kappa shape index (κ2) is 10.2. The molecule has 212 valence electrons. The van der Waals surface area contributed by atoms with Crippen LogP contribution in [0.3, 0.4) is 0 Å². The molecule has 45 heavy (non-hydrogen) atoms. The van der Waals surface area contributed by atoms with E-state index in [-0.39, 0.29) is 0 Å². The largest absolute Gasteiger partial charge is 0.292 e. The summed E-state index contributed by atoms with van der Waals surface area (Å²) in [6.45, 7) is 0. The van der Waals surface area contributed by atoms with E-state index in [1.54, 1.807) is 0 Å². The first kappa shape index (κ1) is 26.3. The smallest absolute Gasteiger partial charge is 0.146 e. The van der Waals surface area contributed by atoms with Crippen LogP contribution in [0.4, 0.5) is 0 Å². The Morgan fingerprint density at radius 2 is 1.18 bits per heavy atom. The number of benzene rings is 6. The van der Waals surface area contributed by atoms with E-state index in [0.717, 1.165) is 65.5 Å². The maximum absolute atomic E-state index is 6.72. The van der Waals surface area contributed by atoms with E-state index in [1.165, 1.54) is 10.8 Å². The molecule has 0 atom stereocenters. The molecular weight excluding hydrogens is 586 g/mol. The molecule has 0 N–H and O–H groups in total. The number of para-hydroxylation sites is 2. The van der Waals surface area contributed by atoms with Crippen LogP contribution in [0.2, 0.25) is 0 Å². The summed E-state index contributed by atoms with van der Waals surface area (Å²) in [7, 11) is 0. The third-order valence-electron chi connectivity index (χ3n) is 8.89. The minimum Gasteiger partial charge on any atom is -0.292 e. The zero-order valence-electron chi connectivity index (χ0n) is 24.2. The maximum atomic E-state index is 6.72. The van der Waals surface area contributed by atoms with E-state index in [9.17, 15) is 0 Å². The summed E-state index contributed by atoms with van der Waals surface area (Å²) >= 11 is 6.72. The Labute approximate surface area is 265 Å². The van der Waals surface area contributed by atoms with Gasteiger partial charge < -0.3 is 0 Å². The van der Waals surface area contributed by atoms with Gasteiger partial charge in [-0.15, -0.1) is 0 Å². The molecule has 3 heterocycles. The Balaban J connectivity index is 1.33. The Hall–Kier alpha value is -5.15. The van der Waals surface area contributed by atoms with Gasteiger partial charge in [-0.2, -0.15) is 0 Å². The van der Waals surface area contributed by atoms with E-state index < -0.39 is 6.04 Å². The first-order chi connectivity index (χ1) is 22.2. The molecule has 3 aromatic heterocycles. The lowest BCUT2D eigenvalue weighted by Gasteiger charge is -2.24. The highest BCUT2D eigenvalue weighted by Gasteiger charge is 2.28. The molecule has 9 aromatic rings. The average Bonchev–Trinajstić information content (AvgIpc) is 3.52. The summed E-state index contributed by atoms with van der Waals surface area (Å²) in [4.78, 5) is 10.1. The number of nitrogens with zero attached hydrogens (tertiary/aromatic N) is 3. The molecule has 0 aliphatic heterocycles. The Kier molecular flexibility index (Phi) is 5.96. The van der Waals surface area contributed by atoms with Crippen molar-refractivity contribution in [2.24, 2.45) is 0 Å². The second-order valence-electron chi connectivity index (χ2n) is 11.4. The number of aromatic nitrogens is 3. The molecule has 6 aromatic carbocycles. The van der Waals surface area contributed by atoms with Crippen molar-refractivity contribution in [1.29, 1.82) is 0 Å². The van der Waals surface area contributed by atoms with Crippen LogP contribution in [-0.2, 0) is 11.8 Å². The van der Waals surface area contributed by atoms with Crippen LogP contribution in [0.1, 0.15) is 0 Å². The van der Waals surface area contributed by atoms with Crippen LogP contribution in [-0.4, -0.2) is 14.4 Å². The molecule has 0 spiro atoms. The highest BCUT2D eigenvalue weighted by Crippen LogP contribution is 2.45. The van der Waals surface area contributed by atoms with Crippen molar-refractivity contribution in [3.05, 3.63) is 158 Å². The number of rotatable bonds is 4. The SMILES string of the molecule is S=P(c1ccccc1)(c1ccccc1)c1nccc2c(-c3ccc4c5ccccc5c5nc6ccccc6n5c4c3)cccc12. The highest BCUT2D eigenvalue weighted by molar-refractivity contribution is 8.25. The van der Waals surface area contributed by atoms with Gasteiger partial charge in [0.05, 0.1) is 28.0 Å². The fourth-order valence-corrected chi connectivity index (χ4v) is 10.7. The Morgan fingerprint density at radius 1 is 0.511 bits per heavy atom. The summed E-state index contributed by atoms with van der Waals surface area (Å²) in [5, 5.41) is 8.10. The lowest BCUT2D eigenvalue weighted by atomic mass is 9.97. The number of hydrogen-bond donors (Lipinski definition) is 0. The summed E-state index contributed by atoms with van der Waals surface area (Å²) < 4.78 is 2.32. The zero-order valence-corrected chi connectivity index (χ0v) is 25.9. The monoisotopic (exact) mass is 611 g/mol. The molecular formula is C40H26N3PS. The van der Waals surface area contributed by atoms with Crippen LogP contribution in [0.15, 0.2) is 158 Å². The molecule has 0 aliphatic rings. The van der Waals surface area contributed by atoms with Gasteiger partial charge in [0.2, 0.25) is 0 Å². The van der Waals surface area contributed by atoms with E-state index in [4.69, 9.17) is 21.8 Å². The third kappa shape index (κ3) is 3.93. The van der Waals surface area contributed by atoms with Crippen molar-refractivity contribution in [3.63, 3.8) is 0 Å². The molecule has 0 bridgehead atoms. The average molecular weight is 612 g/mol. The lowest BCUT2D eigenvalue weighted by Crippen LogP contribution is -2.27. The van der Waals surface area contributed by atoms with Gasteiger partial charge in [-0.05, 0) is 56.8 Å². The standard InChI is InChI=1S/C40H26N3PS/c45-44(28-12-3-1-4-13-28,29-14-5-2-6-15-29)40-35-19-11-18-30(32(35)24-25-41-40)27-22-23-33-31-16-7-8-17-34(31)39-42-36-20-9-10-21-37(36)43(39)38(33)26-27/h1-26H. The van der Waals surface area contributed by atoms with Crippen LogP contribution in [0, 0.1) is 0 Å². The van der Waals surface area contributed by atoms with Gasteiger partial charge >= 0.3 is 0 Å². The molecule has 0 saturated carbocycles. The number of hydrogen-bond acceptors (Lipinski definition) is 3. The van der Waals surface area contributed by atoms with Crippen LogP contribution in [0.5, 0.6) is 0 Å². The van der Waals surface area contributed by atoms with Gasteiger partial charge in [0.1, 0.15) is 5.65 Å². The summed E-state index contributed by atoms with van der Waals surface area (Å²) in [5.74, 6) is 0. The molecule has 9 rings (SSSR count). The molecule has 0 saturated heterocycles. The van der Waals surface area contributed by atoms with Gasteiger partial charge in [-0.3, -0.25) is 9.38 Å². The number of imidazole rings is 1. The van der Waals surface area contributed by atoms with E-state index in [2.05, 4.69) is 144 Å². The highest BCUT2D eigenvalue weighted by atomic mass is 32.4. The molecule has 0 unspecified atom stereocenters. The summed E-state index contributed by atoms with van der Waals surface area (Å²) in [5.41, 5.74) is 7.50. The van der Waals surface area contributed by atoms with Gasteiger partial charge in [-0.25, -0.2) is 4.98 Å². The zero-order chi connectivity index (χ0) is 30.0. The van der Waals surface area contributed by atoms with Crippen molar-refractivity contribution in [1.82, 2.24) is 14.4 Å². The topological polar surface area (TPSA) is 30.2 Å². The van der Waals surface area contributed by atoms with Gasteiger partial charge in [0.25, 0.3) is 0 Å². The van der Waals surface area contributed by atoms with Gasteiger partial charge in [0.15, 0.2) is 0 Å². The number of fused-ring (bicyclic) bond motifs is 9. The van der Waals surface area contributed by atoms with E-state index in [1.807, 2.05) is 18.3 Å². The molecule has 0 radical (unpaired) electrons. The van der Waals surface area contributed by atoms with Crippen molar-refractivity contribution in [3.8, 4) is 11.1 Å². The van der Waals surface area contributed by atoms with E-state index >= 15 is 0 Å². The summed E-state index contributed by atoms with van der Waals surface area (Å²) in [6.07, 6.45) is 1.93. The van der Waals surface area contributed by atoms with Crippen molar-refractivity contribution < 1.29 is 0 Å². The lowest BCUT2D eigenvalue weighted by molar-refractivity contribution is 1.31. The first-order valence-corrected chi connectivity index (χ1v) is 17.8. The normalized spacial score (nSPS) is 12.1. The minimum atomic E-state index is -2.44. The predicted octanol–water partition coefficient (Wildman–Crippen LogP) is 8.76. The maximum Gasteiger partial charge on any atom is 0.146 e. The fraction of sp³-hybridized carbons (Fsp3) is 0. The van der Waals surface area contributed by atoms with Gasteiger partial charge in [0, 0.05) is 22.4 Å². The second-order valence-corrected chi connectivity index (χ2v) is 15.7. The molecule has 0 aliphatic carbocycles. The van der Waals surface area contributed by atoms with Crippen molar-refractivity contribution in [2.45, 2.75) is 0 Å². The van der Waals surface area contributed by atoms with Crippen LogP contribution >= 0.6 is 6.04 Å². The summed E-state index contributed by atoms with van der Waals surface area (Å²) in [6, 6.07) is 51.1. The number of pyridine rings is 2. The van der Waals surface area contributed by atoms with Crippen LogP contribution in [0.25, 0.3) is 60.3 Å². The molecule has 0 fully saturated rings. The Morgan fingerprint density at radius 3 is 1.96 bits per heavy atom. The quantitative estimate of drug-likeness (QED) is 0.147. The van der Waals surface area contributed by atoms with Gasteiger partial charge in [-0.1, -0.05) is 139 Å². The Bertz CT molecular complexity index is 2580. The van der Waals surface area contributed by atoms with Crippen molar-refractivity contribution >= 4 is 83.0 Å². The molecule has 3 nitrogen and oxygen atoms in total. The van der Waals surface area contributed by atoms with Crippen molar-refractivity contribution in [2.75, 3.05) is 0 Å². The first-order valence-electron chi connectivity index (χ1n) is 15.0. The fourth-order valence-electron chi connectivity index (χ4n) is 6.84. The molecule has 0 amide bonds. The van der Waals surface area contributed by atoms with Crippen LogP contribution < -0.4 is 16.0 Å². The molecule has 5 heteroatoms. The predicted molar refractivity (Wildman–Crippen MR) is 195 cm³/mol.